The highest BCUT2D eigenvalue weighted by Gasteiger charge is 2.26. The first-order valence-electron chi connectivity index (χ1n) is 5.59. The summed E-state index contributed by atoms with van der Waals surface area (Å²) in [6.45, 7) is 4.44. The van der Waals surface area contributed by atoms with Gasteiger partial charge in [-0.25, -0.2) is 13.1 Å². The standard InChI is InChI=1S/C12H14BrNO2S3/c1-12(2,10-4-3-6-17-10)8-14-19(15,16)11-9(13)5-7-18-11/h3-7,14H,8H2,1-2H3. The third kappa shape index (κ3) is 3.46. The van der Waals surface area contributed by atoms with E-state index in [0.717, 1.165) is 0 Å². The number of nitrogens with one attached hydrogen (secondary N) is 1. The van der Waals surface area contributed by atoms with Gasteiger partial charge in [0.05, 0.1) is 0 Å². The third-order valence-electron chi connectivity index (χ3n) is 2.72. The van der Waals surface area contributed by atoms with E-state index in [-0.39, 0.29) is 5.41 Å². The van der Waals surface area contributed by atoms with Crippen molar-refractivity contribution in [2.45, 2.75) is 23.5 Å². The van der Waals surface area contributed by atoms with Gasteiger partial charge in [-0.05, 0) is 38.8 Å². The second-order valence-corrected chi connectivity index (χ2v) is 9.42. The fraction of sp³-hybridized carbons (Fsp3) is 0.333. The van der Waals surface area contributed by atoms with Gasteiger partial charge in [-0.3, -0.25) is 0 Å². The summed E-state index contributed by atoms with van der Waals surface area (Å²) < 4.78 is 28.0. The molecule has 0 aliphatic carbocycles. The number of halogens is 1. The van der Waals surface area contributed by atoms with Crippen molar-refractivity contribution in [3.8, 4) is 0 Å². The van der Waals surface area contributed by atoms with Crippen LogP contribution in [0.4, 0.5) is 0 Å². The molecule has 0 bridgehead atoms. The molecule has 0 amide bonds. The summed E-state index contributed by atoms with van der Waals surface area (Å²) in [5.74, 6) is 0. The van der Waals surface area contributed by atoms with Crippen LogP contribution >= 0.6 is 38.6 Å². The Morgan fingerprint density at radius 1 is 1.26 bits per heavy atom. The Labute approximate surface area is 129 Å². The zero-order chi connectivity index (χ0) is 14.1. The highest BCUT2D eigenvalue weighted by molar-refractivity contribution is 9.10. The minimum absolute atomic E-state index is 0.217. The van der Waals surface area contributed by atoms with E-state index in [0.29, 0.717) is 15.2 Å². The molecule has 19 heavy (non-hydrogen) atoms. The van der Waals surface area contributed by atoms with Crippen LogP contribution in [-0.4, -0.2) is 15.0 Å². The second-order valence-electron chi connectivity index (χ2n) is 4.74. The molecule has 7 heteroatoms. The van der Waals surface area contributed by atoms with Crippen LogP contribution in [0, 0.1) is 0 Å². The maximum absolute atomic E-state index is 12.2. The fourth-order valence-electron chi connectivity index (χ4n) is 1.56. The number of hydrogen-bond donors (Lipinski definition) is 1. The topological polar surface area (TPSA) is 46.2 Å². The average Bonchev–Trinajstić information content (AvgIpc) is 2.97. The molecule has 0 spiro atoms. The average molecular weight is 380 g/mol. The van der Waals surface area contributed by atoms with E-state index in [4.69, 9.17) is 0 Å². The summed E-state index contributed by atoms with van der Waals surface area (Å²) in [5.41, 5.74) is -0.217. The molecule has 0 fully saturated rings. The Bertz CT molecular complexity index is 644. The summed E-state index contributed by atoms with van der Waals surface area (Å²) in [4.78, 5) is 1.17. The van der Waals surface area contributed by atoms with Gasteiger partial charge in [0, 0.05) is 21.3 Å². The fourth-order valence-corrected chi connectivity index (χ4v) is 6.01. The van der Waals surface area contributed by atoms with Gasteiger partial charge in [-0.15, -0.1) is 22.7 Å². The molecular formula is C12H14BrNO2S3. The van der Waals surface area contributed by atoms with Crippen molar-refractivity contribution in [1.82, 2.24) is 4.72 Å². The van der Waals surface area contributed by atoms with Crippen molar-refractivity contribution in [1.29, 1.82) is 0 Å². The number of rotatable bonds is 5. The lowest BCUT2D eigenvalue weighted by Gasteiger charge is -2.23. The largest absolute Gasteiger partial charge is 0.251 e. The summed E-state index contributed by atoms with van der Waals surface area (Å²) in [6, 6.07) is 5.75. The van der Waals surface area contributed by atoms with Gasteiger partial charge in [-0.2, -0.15) is 0 Å². The smallest absolute Gasteiger partial charge is 0.210 e. The zero-order valence-corrected chi connectivity index (χ0v) is 14.5. The second kappa shape index (κ2) is 5.65. The van der Waals surface area contributed by atoms with Crippen LogP contribution in [0.3, 0.4) is 0 Å². The minimum Gasteiger partial charge on any atom is -0.210 e. The van der Waals surface area contributed by atoms with Crippen LogP contribution in [0.2, 0.25) is 0 Å². The molecule has 0 radical (unpaired) electrons. The van der Waals surface area contributed by atoms with E-state index in [1.807, 2.05) is 31.4 Å². The highest BCUT2D eigenvalue weighted by Crippen LogP contribution is 2.30. The lowest BCUT2D eigenvalue weighted by molar-refractivity contribution is 0.510. The minimum atomic E-state index is -3.45. The van der Waals surface area contributed by atoms with Gasteiger partial charge in [-0.1, -0.05) is 19.9 Å². The van der Waals surface area contributed by atoms with E-state index in [1.54, 1.807) is 22.8 Å². The molecular weight excluding hydrogens is 366 g/mol. The molecule has 0 unspecified atom stereocenters. The predicted octanol–water partition coefficient (Wildman–Crippen LogP) is 3.83. The lowest BCUT2D eigenvalue weighted by atomic mass is 9.92. The Morgan fingerprint density at radius 3 is 2.53 bits per heavy atom. The number of sulfonamides is 1. The van der Waals surface area contributed by atoms with Crippen molar-refractivity contribution >= 4 is 48.6 Å². The quantitative estimate of drug-likeness (QED) is 0.857. The van der Waals surface area contributed by atoms with E-state index in [1.165, 1.54) is 16.2 Å². The first-order valence-corrected chi connectivity index (χ1v) is 9.63. The van der Waals surface area contributed by atoms with Crippen LogP contribution in [0.25, 0.3) is 0 Å². The van der Waals surface area contributed by atoms with Gasteiger partial charge in [0.25, 0.3) is 10.0 Å². The summed E-state index contributed by atoms with van der Waals surface area (Å²) in [7, 11) is -3.45. The molecule has 2 aromatic rings. The summed E-state index contributed by atoms with van der Waals surface area (Å²) in [5, 5.41) is 3.75. The normalized spacial score (nSPS) is 12.8. The zero-order valence-electron chi connectivity index (χ0n) is 10.5. The molecule has 1 N–H and O–H groups in total. The van der Waals surface area contributed by atoms with Crippen LogP contribution in [0.5, 0.6) is 0 Å². The molecule has 0 saturated carbocycles. The Balaban J connectivity index is 2.13. The van der Waals surface area contributed by atoms with Crippen molar-refractivity contribution in [2.75, 3.05) is 6.54 Å². The van der Waals surface area contributed by atoms with E-state index in [2.05, 4.69) is 20.7 Å². The molecule has 2 aromatic heterocycles. The highest BCUT2D eigenvalue weighted by atomic mass is 79.9. The summed E-state index contributed by atoms with van der Waals surface area (Å²) >= 11 is 6.10. The number of thiophene rings is 2. The Morgan fingerprint density at radius 2 is 2.00 bits per heavy atom. The molecule has 0 atom stereocenters. The van der Waals surface area contributed by atoms with E-state index in [9.17, 15) is 8.42 Å². The lowest BCUT2D eigenvalue weighted by Crippen LogP contribution is -2.36. The van der Waals surface area contributed by atoms with Crippen molar-refractivity contribution in [3.05, 3.63) is 38.3 Å². The first-order chi connectivity index (χ1) is 8.83. The van der Waals surface area contributed by atoms with Crippen molar-refractivity contribution in [2.24, 2.45) is 0 Å². The molecule has 0 aliphatic rings. The van der Waals surface area contributed by atoms with Gasteiger partial charge in [0.1, 0.15) is 4.21 Å². The SMILES string of the molecule is CC(C)(CNS(=O)(=O)c1sccc1Br)c1cccs1. The van der Waals surface area contributed by atoms with Crippen LogP contribution in [0.1, 0.15) is 18.7 Å². The van der Waals surface area contributed by atoms with E-state index < -0.39 is 10.0 Å². The van der Waals surface area contributed by atoms with Crippen LogP contribution in [-0.2, 0) is 15.4 Å². The Hall–Kier alpha value is -0.210. The first kappa shape index (κ1) is 15.2. The molecule has 2 heterocycles. The monoisotopic (exact) mass is 379 g/mol. The van der Waals surface area contributed by atoms with Gasteiger partial charge >= 0.3 is 0 Å². The molecule has 104 valence electrons. The molecule has 3 nitrogen and oxygen atoms in total. The van der Waals surface area contributed by atoms with Crippen molar-refractivity contribution in [3.63, 3.8) is 0 Å². The van der Waals surface area contributed by atoms with Crippen molar-refractivity contribution < 1.29 is 8.42 Å². The third-order valence-corrected chi connectivity index (χ3v) is 8.03. The Kier molecular flexibility index (Phi) is 4.52. The maximum atomic E-state index is 12.2. The van der Waals surface area contributed by atoms with Gasteiger partial charge < -0.3 is 0 Å². The predicted molar refractivity (Wildman–Crippen MR) is 84.6 cm³/mol. The molecule has 2 rings (SSSR count). The van der Waals surface area contributed by atoms with E-state index >= 15 is 0 Å². The summed E-state index contributed by atoms with van der Waals surface area (Å²) in [6.07, 6.45) is 0. The van der Waals surface area contributed by atoms with Crippen LogP contribution in [0.15, 0.2) is 37.6 Å². The number of hydrogen-bond acceptors (Lipinski definition) is 4. The van der Waals surface area contributed by atoms with Crippen LogP contribution < -0.4 is 4.72 Å². The van der Waals surface area contributed by atoms with Gasteiger partial charge in [0.15, 0.2) is 0 Å². The molecule has 0 aromatic carbocycles. The molecule has 0 saturated heterocycles. The maximum Gasteiger partial charge on any atom is 0.251 e. The molecule has 0 aliphatic heterocycles. The van der Waals surface area contributed by atoms with Gasteiger partial charge in [0.2, 0.25) is 0 Å².